The lowest BCUT2D eigenvalue weighted by atomic mass is 10.2. The third-order valence-electron chi connectivity index (χ3n) is 2.45. The van der Waals surface area contributed by atoms with Gasteiger partial charge in [-0.1, -0.05) is 6.07 Å². The van der Waals surface area contributed by atoms with Crippen molar-refractivity contribution in [3.63, 3.8) is 0 Å². The third-order valence-corrected chi connectivity index (χ3v) is 3.59. The highest BCUT2D eigenvalue weighted by Crippen LogP contribution is 2.18. The number of aromatic nitrogens is 1. The second-order valence-electron chi connectivity index (χ2n) is 3.78. The molecule has 2 rings (SSSR count). The van der Waals surface area contributed by atoms with Crippen LogP contribution in [0, 0.1) is 10.5 Å². The molecule has 0 spiro atoms. The summed E-state index contributed by atoms with van der Waals surface area (Å²) in [4.78, 5) is 4.33. The average Bonchev–Trinajstić information content (AvgIpc) is 2.32. The topological polar surface area (TPSA) is 24.9 Å². The zero-order chi connectivity index (χ0) is 12.3. The second kappa shape index (κ2) is 5.82. The van der Waals surface area contributed by atoms with Crippen LogP contribution in [0.2, 0.25) is 0 Å². The number of hydrogen-bond donors (Lipinski definition) is 1. The van der Waals surface area contributed by atoms with Crippen molar-refractivity contribution >= 4 is 44.2 Å². The average molecular weight is 403 g/mol. The number of benzene rings is 1. The van der Waals surface area contributed by atoms with Crippen molar-refractivity contribution < 1.29 is 0 Å². The van der Waals surface area contributed by atoms with Gasteiger partial charge >= 0.3 is 0 Å². The first-order valence-corrected chi connectivity index (χ1v) is 7.13. The van der Waals surface area contributed by atoms with Crippen LogP contribution in [0.3, 0.4) is 0 Å². The van der Waals surface area contributed by atoms with Crippen molar-refractivity contribution in [2.45, 2.75) is 13.5 Å². The van der Waals surface area contributed by atoms with E-state index in [1.165, 1.54) is 14.8 Å². The third kappa shape index (κ3) is 3.67. The Hall–Kier alpha value is -0.620. The highest BCUT2D eigenvalue weighted by Gasteiger charge is 2.00. The number of rotatable bonds is 3. The van der Waals surface area contributed by atoms with E-state index >= 15 is 0 Å². The van der Waals surface area contributed by atoms with Crippen LogP contribution in [0.25, 0.3) is 0 Å². The van der Waals surface area contributed by atoms with Crippen LogP contribution >= 0.6 is 38.5 Å². The number of nitrogens with zero attached hydrogens (tertiary/aromatic N) is 1. The van der Waals surface area contributed by atoms with Gasteiger partial charge in [0.2, 0.25) is 0 Å². The van der Waals surface area contributed by atoms with E-state index in [0.717, 1.165) is 16.7 Å². The maximum atomic E-state index is 4.33. The van der Waals surface area contributed by atoms with Crippen LogP contribution in [0.15, 0.2) is 41.0 Å². The largest absolute Gasteiger partial charge is 0.379 e. The fraction of sp³-hybridized carbons (Fsp3) is 0.154. The monoisotopic (exact) mass is 402 g/mol. The smallest absolute Gasteiger partial charge is 0.0595 e. The zero-order valence-electron chi connectivity index (χ0n) is 9.37. The molecule has 0 aliphatic carbocycles. The van der Waals surface area contributed by atoms with E-state index in [0.29, 0.717) is 0 Å². The van der Waals surface area contributed by atoms with Crippen LogP contribution in [0.5, 0.6) is 0 Å². The van der Waals surface area contributed by atoms with E-state index in [1.807, 2.05) is 18.3 Å². The molecule has 0 unspecified atom stereocenters. The number of halogens is 2. The van der Waals surface area contributed by atoms with Gasteiger partial charge in [0, 0.05) is 19.9 Å². The normalized spacial score (nSPS) is 10.3. The van der Waals surface area contributed by atoms with E-state index in [2.05, 4.69) is 73.9 Å². The molecule has 4 heteroatoms. The number of anilines is 1. The van der Waals surface area contributed by atoms with Crippen molar-refractivity contribution in [3.8, 4) is 0 Å². The summed E-state index contributed by atoms with van der Waals surface area (Å²) in [5.41, 5.74) is 3.45. The number of pyridine rings is 1. The molecule has 0 fully saturated rings. The summed E-state index contributed by atoms with van der Waals surface area (Å²) >= 11 is 5.70. The van der Waals surface area contributed by atoms with E-state index in [1.54, 1.807) is 0 Å². The molecule has 0 atom stereocenters. The molecule has 1 heterocycles. The van der Waals surface area contributed by atoms with E-state index in [-0.39, 0.29) is 0 Å². The Morgan fingerprint density at radius 2 is 2.12 bits per heavy atom. The molecule has 17 heavy (non-hydrogen) atoms. The first-order valence-electron chi connectivity index (χ1n) is 5.25. The van der Waals surface area contributed by atoms with Crippen molar-refractivity contribution in [3.05, 3.63) is 55.8 Å². The van der Waals surface area contributed by atoms with Gasteiger partial charge in [0.25, 0.3) is 0 Å². The molecule has 0 saturated carbocycles. The molecule has 1 aromatic carbocycles. The molecule has 2 aromatic rings. The first-order chi connectivity index (χ1) is 8.15. The summed E-state index contributed by atoms with van der Waals surface area (Å²) in [6, 6.07) is 10.4. The maximum Gasteiger partial charge on any atom is 0.0595 e. The lowest BCUT2D eigenvalue weighted by molar-refractivity contribution is 1.04. The summed E-state index contributed by atoms with van der Waals surface area (Å²) < 4.78 is 2.24. The molecule has 1 aromatic heterocycles. The van der Waals surface area contributed by atoms with Gasteiger partial charge in [-0.3, -0.25) is 4.98 Å². The summed E-state index contributed by atoms with van der Waals surface area (Å²) in [5, 5.41) is 3.41. The number of hydrogen-bond acceptors (Lipinski definition) is 2. The van der Waals surface area contributed by atoms with Gasteiger partial charge in [-0.05, 0) is 75.3 Å². The molecule has 0 bridgehead atoms. The lowest BCUT2D eigenvalue weighted by Crippen LogP contribution is -2.02. The predicted octanol–water partition coefficient (Wildman–Crippen LogP) is 4.37. The van der Waals surface area contributed by atoms with Gasteiger partial charge < -0.3 is 5.32 Å². The molecule has 0 radical (unpaired) electrons. The minimum Gasteiger partial charge on any atom is -0.379 e. The quantitative estimate of drug-likeness (QED) is 0.771. The van der Waals surface area contributed by atoms with Gasteiger partial charge in [-0.2, -0.15) is 0 Å². The van der Waals surface area contributed by atoms with E-state index in [9.17, 15) is 0 Å². The molecular formula is C13H12BrIN2. The van der Waals surface area contributed by atoms with Gasteiger partial charge in [0.05, 0.1) is 12.2 Å². The second-order valence-corrected chi connectivity index (χ2v) is 5.94. The van der Waals surface area contributed by atoms with E-state index < -0.39 is 0 Å². The van der Waals surface area contributed by atoms with Crippen molar-refractivity contribution in [2.24, 2.45) is 0 Å². The van der Waals surface area contributed by atoms with Crippen LogP contribution in [0.4, 0.5) is 5.69 Å². The van der Waals surface area contributed by atoms with Crippen LogP contribution in [-0.4, -0.2) is 4.98 Å². The van der Waals surface area contributed by atoms with Crippen LogP contribution in [0.1, 0.15) is 11.3 Å². The molecule has 0 saturated heterocycles. The summed E-state index contributed by atoms with van der Waals surface area (Å²) in [5.74, 6) is 0. The molecule has 0 aliphatic rings. The molecule has 0 aliphatic heterocycles. The Bertz CT molecular complexity index is 511. The number of nitrogens with one attached hydrogen (secondary N) is 1. The van der Waals surface area contributed by atoms with Crippen molar-refractivity contribution in [1.82, 2.24) is 4.98 Å². The highest BCUT2D eigenvalue weighted by atomic mass is 127. The SMILES string of the molecule is Cc1ccc(I)cc1NCc1ccc(Br)cn1. The van der Waals surface area contributed by atoms with Crippen LogP contribution < -0.4 is 5.32 Å². The standard InChI is InChI=1S/C13H12BrIN2/c1-9-2-4-11(15)6-13(9)17-8-12-5-3-10(14)7-16-12/h2-7,17H,8H2,1H3. The van der Waals surface area contributed by atoms with Gasteiger partial charge in [0.15, 0.2) is 0 Å². The molecular weight excluding hydrogens is 391 g/mol. The van der Waals surface area contributed by atoms with Crippen molar-refractivity contribution in [2.75, 3.05) is 5.32 Å². The minimum absolute atomic E-state index is 0.744. The Morgan fingerprint density at radius 3 is 2.82 bits per heavy atom. The Kier molecular flexibility index (Phi) is 4.39. The molecule has 88 valence electrons. The number of aryl methyl sites for hydroxylation is 1. The minimum atomic E-state index is 0.744. The van der Waals surface area contributed by atoms with Crippen molar-refractivity contribution in [1.29, 1.82) is 0 Å². The summed E-state index contributed by atoms with van der Waals surface area (Å²) in [6.45, 7) is 2.85. The fourth-order valence-corrected chi connectivity index (χ4v) is 2.21. The maximum absolute atomic E-state index is 4.33. The predicted molar refractivity (Wildman–Crippen MR) is 83.2 cm³/mol. The van der Waals surface area contributed by atoms with E-state index in [4.69, 9.17) is 0 Å². The van der Waals surface area contributed by atoms with Gasteiger partial charge in [0.1, 0.15) is 0 Å². The first kappa shape index (κ1) is 12.8. The molecule has 2 nitrogen and oxygen atoms in total. The Morgan fingerprint density at radius 1 is 1.29 bits per heavy atom. The molecule has 1 N–H and O–H groups in total. The lowest BCUT2D eigenvalue weighted by Gasteiger charge is -2.09. The van der Waals surface area contributed by atoms with Gasteiger partial charge in [-0.15, -0.1) is 0 Å². The summed E-state index contributed by atoms with van der Waals surface area (Å²) in [6.07, 6.45) is 1.82. The Balaban J connectivity index is 2.07. The highest BCUT2D eigenvalue weighted by molar-refractivity contribution is 14.1. The summed E-state index contributed by atoms with van der Waals surface area (Å²) in [7, 11) is 0. The zero-order valence-corrected chi connectivity index (χ0v) is 13.1. The van der Waals surface area contributed by atoms with Crippen LogP contribution in [-0.2, 0) is 6.54 Å². The Labute approximate surface area is 123 Å². The molecule has 0 amide bonds. The fourth-order valence-electron chi connectivity index (χ4n) is 1.48. The van der Waals surface area contributed by atoms with Gasteiger partial charge in [-0.25, -0.2) is 0 Å².